The van der Waals surface area contributed by atoms with Crippen molar-refractivity contribution < 1.29 is 19.1 Å². The van der Waals surface area contributed by atoms with Crippen LogP contribution < -0.4 is 9.47 Å². The van der Waals surface area contributed by atoms with Crippen LogP contribution in [-0.2, 0) is 16.2 Å². The van der Waals surface area contributed by atoms with Crippen LogP contribution in [0.15, 0.2) is 85.0 Å². The van der Waals surface area contributed by atoms with Crippen LogP contribution in [0.1, 0.15) is 41.2 Å². The van der Waals surface area contributed by atoms with E-state index in [2.05, 4.69) is 0 Å². The van der Waals surface area contributed by atoms with Gasteiger partial charge in [-0.15, -0.1) is 0 Å². The largest absolute Gasteiger partial charge is 0.496 e. The number of carbonyl (C=O) groups excluding carboxylic acids is 2. The molecule has 0 aliphatic heterocycles. The maximum atomic E-state index is 12.3. The summed E-state index contributed by atoms with van der Waals surface area (Å²) in [5, 5.41) is 0. The summed E-state index contributed by atoms with van der Waals surface area (Å²) in [5.74, 6) is 0.739. The van der Waals surface area contributed by atoms with Gasteiger partial charge in [-0.05, 0) is 66.5 Å². The average molecular weight is 467 g/mol. The van der Waals surface area contributed by atoms with Crippen LogP contribution >= 0.6 is 0 Å². The zero-order valence-corrected chi connectivity index (χ0v) is 20.4. The SMILES string of the molecule is C/C=C\c1ccc(/C=C/C(=O)CC(=O)/C=C/c2ccc(OCc3ccccc3)cc2OC)cc1C. The van der Waals surface area contributed by atoms with Crippen LogP contribution in [0.2, 0.25) is 0 Å². The molecule has 3 aromatic rings. The van der Waals surface area contributed by atoms with E-state index in [0.717, 1.165) is 27.8 Å². The van der Waals surface area contributed by atoms with Gasteiger partial charge in [0.15, 0.2) is 11.6 Å². The highest BCUT2D eigenvalue weighted by atomic mass is 16.5. The number of allylic oxidation sites excluding steroid dienone is 3. The minimum absolute atomic E-state index is 0.191. The molecule has 0 fully saturated rings. The van der Waals surface area contributed by atoms with E-state index in [-0.39, 0.29) is 18.0 Å². The second-order valence-electron chi connectivity index (χ2n) is 8.07. The quantitative estimate of drug-likeness (QED) is 0.229. The van der Waals surface area contributed by atoms with Crippen molar-refractivity contribution in [3.05, 3.63) is 113 Å². The van der Waals surface area contributed by atoms with Gasteiger partial charge >= 0.3 is 0 Å². The third-order valence-electron chi connectivity index (χ3n) is 5.35. The predicted molar refractivity (Wildman–Crippen MR) is 142 cm³/mol. The first kappa shape index (κ1) is 25.4. The Morgan fingerprint density at radius 3 is 2.23 bits per heavy atom. The molecular weight excluding hydrogens is 436 g/mol. The van der Waals surface area contributed by atoms with Gasteiger partial charge in [0.25, 0.3) is 0 Å². The molecule has 0 unspecified atom stereocenters. The zero-order valence-electron chi connectivity index (χ0n) is 20.4. The summed E-state index contributed by atoms with van der Waals surface area (Å²) in [6.07, 6.45) is 10.1. The van der Waals surface area contributed by atoms with Crippen molar-refractivity contribution in [2.75, 3.05) is 7.11 Å². The zero-order chi connectivity index (χ0) is 25.0. The molecule has 0 bridgehead atoms. The number of methoxy groups -OCH3 is 1. The van der Waals surface area contributed by atoms with Crippen molar-refractivity contribution in [2.24, 2.45) is 0 Å². The minimum atomic E-state index is -0.272. The highest BCUT2D eigenvalue weighted by Crippen LogP contribution is 2.26. The highest BCUT2D eigenvalue weighted by molar-refractivity contribution is 6.11. The summed E-state index contributed by atoms with van der Waals surface area (Å²) in [4.78, 5) is 24.6. The normalized spacial score (nSPS) is 11.4. The average Bonchev–Trinajstić information content (AvgIpc) is 2.87. The summed E-state index contributed by atoms with van der Waals surface area (Å²) >= 11 is 0. The second kappa shape index (κ2) is 12.9. The fourth-order valence-corrected chi connectivity index (χ4v) is 3.49. The molecule has 4 heteroatoms. The minimum Gasteiger partial charge on any atom is -0.496 e. The summed E-state index contributed by atoms with van der Waals surface area (Å²) in [6.45, 7) is 4.45. The molecule has 0 N–H and O–H groups in total. The molecule has 0 aromatic heterocycles. The molecule has 3 aromatic carbocycles. The van der Waals surface area contributed by atoms with Crippen molar-refractivity contribution in [1.29, 1.82) is 0 Å². The molecule has 0 aliphatic carbocycles. The van der Waals surface area contributed by atoms with Crippen LogP contribution in [0.5, 0.6) is 11.5 Å². The number of ketones is 2. The predicted octanol–water partition coefficient (Wildman–Crippen LogP) is 6.87. The molecule has 4 nitrogen and oxygen atoms in total. The van der Waals surface area contributed by atoms with Crippen LogP contribution in [0.3, 0.4) is 0 Å². The van der Waals surface area contributed by atoms with Gasteiger partial charge in [-0.2, -0.15) is 0 Å². The highest BCUT2D eigenvalue weighted by Gasteiger charge is 2.07. The van der Waals surface area contributed by atoms with Gasteiger partial charge in [0.05, 0.1) is 13.5 Å². The van der Waals surface area contributed by atoms with Gasteiger partial charge in [0.1, 0.15) is 18.1 Å². The fraction of sp³-hybridized carbons (Fsp3) is 0.161. The standard InChI is InChI=1S/C31H30O4/c1-4-8-26-13-11-24(19-23(26)2)12-16-28(32)20-29(33)17-14-27-15-18-30(21-31(27)34-3)35-22-25-9-6-5-7-10-25/h4-19,21H,20,22H2,1-3H3/b8-4-,16-12+,17-14+. The fourth-order valence-electron chi connectivity index (χ4n) is 3.49. The number of hydrogen-bond donors (Lipinski definition) is 0. The van der Waals surface area contributed by atoms with Gasteiger partial charge in [-0.25, -0.2) is 0 Å². The summed E-state index contributed by atoms with van der Waals surface area (Å²) in [6, 6.07) is 21.3. The Kier molecular flexibility index (Phi) is 9.38. The first-order valence-corrected chi connectivity index (χ1v) is 11.5. The molecule has 0 aliphatic rings. The lowest BCUT2D eigenvalue weighted by Gasteiger charge is -2.10. The van der Waals surface area contributed by atoms with Gasteiger partial charge < -0.3 is 9.47 Å². The third-order valence-corrected chi connectivity index (χ3v) is 5.35. The summed E-state index contributed by atoms with van der Waals surface area (Å²) in [7, 11) is 1.57. The van der Waals surface area contributed by atoms with Crippen molar-refractivity contribution in [1.82, 2.24) is 0 Å². The Bertz CT molecular complexity index is 1250. The lowest BCUT2D eigenvalue weighted by molar-refractivity contribution is -0.121. The Hall–Kier alpha value is -4.18. The molecule has 0 radical (unpaired) electrons. The molecule has 3 rings (SSSR count). The molecule has 35 heavy (non-hydrogen) atoms. The van der Waals surface area contributed by atoms with Gasteiger partial charge in [0.2, 0.25) is 0 Å². The summed E-state index contributed by atoms with van der Waals surface area (Å²) in [5.41, 5.74) is 4.99. The number of ether oxygens (including phenoxy) is 2. The lowest BCUT2D eigenvalue weighted by atomic mass is 10.0. The van der Waals surface area contributed by atoms with Crippen LogP contribution in [0.25, 0.3) is 18.2 Å². The van der Waals surface area contributed by atoms with Crippen molar-refractivity contribution in [3.63, 3.8) is 0 Å². The maximum absolute atomic E-state index is 12.3. The number of aryl methyl sites for hydroxylation is 1. The third kappa shape index (κ3) is 7.97. The molecule has 0 saturated carbocycles. The Labute approximate surface area is 207 Å². The topological polar surface area (TPSA) is 52.6 Å². The van der Waals surface area contributed by atoms with E-state index in [9.17, 15) is 9.59 Å². The molecule has 0 saturated heterocycles. The van der Waals surface area contributed by atoms with Gasteiger partial charge in [-0.3, -0.25) is 9.59 Å². The van der Waals surface area contributed by atoms with Gasteiger partial charge in [-0.1, -0.05) is 66.8 Å². The molecular formula is C31H30O4. The van der Waals surface area contributed by atoms with Crippen LogP contribution in [0.4, 0.5) is 0 Å². The molecule has 178 valence electrons. The molecule has 0 heterocycles. The molecule has 0 spiro atoms. The lowest BCUT2D eigenvalue weighted by Crippen LogP contribution is -2.02. The first-order chi connectivity index (χ1) is 17.0. The Morgan fingerprint density at radius 2 is 1.54 bits per heavy atom. The number of carbonyl (C=O) groups is 2. The van der Waals surface area contributed by atoms with E-state index in [0.29, 0.717) is 18.1 Å². The first-order valence-electron chi connectivity index (χ1n) is 11.5. The van der Waals surface area contributed by atoms with E-state index in [1.165, 1.54) is 12.2 Å². The Morgan fingerprint density at radius 1 is 0.829 bits per heavy atom. The van der Waals surface area contributed by atoms with Crippen LogP contribution in [0, 0.1) is 6.92 Å². The summed E-state index contributed by atoms with van der Waals surface area (Å²) < 4.78 is 11.3. The Balaban J connectivity index is 1.56. The van der Waals surface area contributed by atoms with Crippen LogP contribution in [-0.4, -0.2) is 18.7 Å². The van der Waals surface area contributed by atoms with E-state index in [1.54, 1.807) is 25.3 Å². The maximum Gasteiger partial charge on any atom is 0.163 e. The smallest absolute Gasteiger partial charge is 0.163 e. The van der Waals surface area contributed by atoms with Crippen molar-refractivity contribution >= 4 is 29.8 Å². The number of benzene rings is 3. The van der Waals surface area contributed by atoms with E-state index < -0.39 is 0 Å². The number of hydrogen-bond acceptors (Lipinski definition) is 4. The molecule has 0 amide bonds. The second-order valence-corrected chi connectivity index (χ2v) is 8.07. The monoisotopic (exact) mass is 466 g/mol. The van der Waals surface area contributed by atoms with E-state index >= 15 is 0 Å². The van der Waals surface area contributed by atoms with Crippen molar-refractivity contribution in [3.8, 4) is 11.5 Å². The number of rotatable bonds is 11. The van der Waals surface area contributed by atoms with E-state index in [1.807, 2.05) is 86.7 Å². The van der Waals surface area contributed by atoms with Crippen molar-refractivity contribution in [2.45, 2.75) is 26.9 Å². The van der Waals surface area contributed by atoms with E-state index in [4.69, 9.17) is 9.47 Å². The van der Waals surface area contributed by atoms with Gasteiger partial charge in [0, 0.05) is 11.6 Å². The molecule has 0 atom stereocenters.